The molecule has 2 rings (SSSR count). The number of carbonyl (C=O) groups excluding carboxylic acids is 2. The molecule has 0 spiro atoms. The summed E-state index contributed by atoms with van der Waals surface area (Å²) in [7, 11) is 0. The molecule has 2 amide bonds. The summed E-state index contributed by atoms with van der Waals surface area (Å²) in [5.41, 5.74) is 6.71. The summed E-state index contributed by atoms with van der Waals surface area (Å²) >= 11 is 0. The molecular formula is C18H27N3O2. The number of hydrogen-bond donors (Lipinski definition) is 2. The molecule has 5 heteroatoms. The molecule has 1 heterocycles. The monoisotopic (exact) mass is 317 g/mol. The largest absolute Gasteiger partial charge is 0.368 e. The van der Waals surface area contributed by atoms with Crippen molar-refractivity contribution in [3.63, 3.8) is 0 Å². The molecule has 0 radical (unpaired) electrons. The fourth-order valence-electron chi connectivity index (χ4n) is 3.11. The van der Waals surface area contributed by atoms with Crippen LogP contribution in [0, 0.1) is 0 Å². The number of nitrogens with one attached hydrogen (secondary N) is 1. The maximum absolute atomic E-state index is 12.2. The second-order valence-corrected chi connectivity index (χ2v) is 6.38. The molecule has 0 aromatic heterocycles. The third kappa shape index (κ3) is 5.67. The molecule has 23 heavy (non-hydrogen) atoms. The predicted octanol–water partition coefficient (Wildman–Crippen LogP) is 1.46. The van der Waals surface area contributed by atoms with Crippen LogP contribution in [0.1, 0.15) is 38.2 Å². The second kappa shape index (κ2) is 8.67. The molecule has 1 aromatic carbocycles. The van der Waals surface area contributed by atoms with Gasteiger partial charge in [-0.2, -0.15) is 0 Å². The van der Waals surface area contributed by atoms with Gasteiger partial charge in [0.2, 0.25) is 11.8 Å². The molecule has 0 aliphatic carbocycles. The van der Waals surface area contributed by atoms with Crippen LogP contribution in [0.4, 0.5) is 0 Å². The summed E-state index contributed by atoms with van der Waals surface area (Å²) in [5.74, 6) is -0.353. The molecular weight excluding hydrogens is 290 g/mol. The van der Waals surface area contributed by atoms with Crippen molar-refractivity contribution in [3.8, 4) is 0 Å². The van der Waals surface area contributed by atoms with Gasteiger partial charge in [-0.3, -0.25) is 14.5 Å². The molecule has 3 N–H and O–H groups in total. The van der Waals surface area contributed by atoms with Crippen LogP contribution in [-0.2, 0) is 16.0 Å². The lowest BCUT2D eigenvalue weighted by Gasteiger charge is -2.33. The standard InChI is InChI=1S/C18H27N3O2/c1-14(10-11-15-7-3-2-4-8-15)20-17(22)13-21-12-6-5-9-16(21)18(19)23/h2-4,7-8,14,16H,5-6,9-13H2,1H3,(H2,19,23)(H,20,22). The van der Waals surface area contributed by atoms with Gasteiger partial charge in [-0.05, 0) is 44.7 Å². The molecule has 1 aliphatic heterocycles. The fourth-order valence-corrected chi connectivity index (χ4v) is 3.11. The summed E-state index contributed by atoms with van der Waals surface area (Å²) < 4.78 is 0. The van der Waals surface area contributed by atoms with Crippen molar-refractivity contribution in [3.05, 3.63) is 35.9 Å². The van der Waals surface area contributed by atoms with Crippen LogP contribution in [0.3, 0.4) is 0 Å². The lowest BCUT2D eigenvalue weighted by molar-refractivity contribution is -0.128. The lowest BCUT2D eigenvalue weighted by Crippen LogP contribution is -2.51. The van der Waals surface area contributed by atoms with Crippen LogP contribution in [0.2, 0.25) is 0 Å². The van der Waals surface area contributed by atoms with Gasteiger partial charge in [0.15, 0.2) is 0 Å². The Kier molecular flexibility index (Phi) is 6.59. The number of primary amides is 1. The highest BCUT2D eigenvalue weighted by Crippen LogP contribution is 2.16. The van der Waals surface area contributed by atoms with E-state index in [1.165, 1.54) is 5.56 Å². The Morgan fingerprint density at radius 1 is 1.30 bits per heavy atom. The first kappa shape index (κ1) is 17.5. The lowest BCUT2D eigenvalue weighted by atomic mass is 10.0. The number of aryl methyl sites for hydroxylation is 1. The van der Waals surface area contributed by atoms with E-state index in [9.17, 15) is 9.59 Å². The number of hydrogen-bond acceptors (Lipinski definition) is 3. The van der Waals surface area contributed by atoms with E-state index >= 15 is 0 Å². The van der Waals surface area contributed by atoms with Crippen LogP contribution >= 0.6 is 0 Å². The van der Waals surface area contributed by atoms with Crippen LogP contribution in [-0.4, -0.2) is 41.9 Å². The highest BCUT2D eigenvalue weighted by atomic mass is 16.2. The number of amides is 2. The number of benzene rings is 1. The SMILES string of the molecule is CC(CCc1ccccc1)NC(=O)CN1CCCCC1C(N)=O. The number of nitrogens with two attached hydrogens (primary N) is 1. The minimum absolute atomic E-state index is 0.0290. The van der Waals surface area contributed by atoms with Crippen LogP contribution < -0.4 is 11.1 Å². The zero-order chi connectivity index (χ0) is 16.7. The Labute approximate surface area is 138 Å². The Bertz CT molecular complexity index is 518. The first-order valence-electron chi connectivity index (χ1n) is 8.43. The van der Waals surface area contributed by atoms with Gasteiger partial charge in [-0.25, -0.2) is 0 Å². The normalized spacial score (nSPS) is 20.0. The Hall–Kier alpha value is -1.88. The van der Waals surface area contributed by atoms with E-state index in [1.54, 1.807) is 0 Å². The van der Waals surface area contributed by atoms with Crippen molar-refractivity contribution < 1.29 is 9.59 Å². The predicted molar refractivity (Wildman–Crippen MR) is 90.8 cm³/mol. The summed E-state index contributed by atoms with van der Waals surface area (Å²) in [4.78, 5) is 25.6. The Morgan fingerprint density at radius 2 is 2.04 bits per heavy atom. The number of likely N-dealkylation sites (tertiary alicyclic amines) is 1. The number of nitrogens with zero attached hydrogens (tertiary/aromatic N) is 1. The minimum atomic E-state index is -0.324. The fraction of sp³-hybridized carbons (Fsp3) is 0.556. The number of rotatable bonds is 7. The number of carbonyl (C=O) groups is 2. The van der Waals surface area contributed by atoms with Gasteiger partial charge in [0, 0.05) is 6.04 Å². The van der Waals surface area contributed by atoms with Crippen LogP contribution in [0.15, 0.2) is 30.3 Å². The molecule has 1 aliphatic rings. The molecule has 1 aromatic rings. The van der Waals surface area contributed by atoms with Crippen molar-refractivity contribution in [2.75, 3.05) is 13.1 Å². The third-order valence-corrected chi connectivity index (χ3v) is 4.41. The highest BCUT2D eigenvalue weighted by Gasteiger charge is 2.28. The zero-order valence-electron chi connectivity index (χ0n) is 13.8. The highest BCUT2D eigenvalue weighted by molar-refractivity contribution is 5.82. The van der Waals surface area contributed by atoms with Crippen LogP contribution in [0.25, 0.3) is 0 Å². The molecule has 126 valence electrons. The molecule has 0 bridgehead atoms. The summed E-state index contributed by atoms with van der Waals surface area (Å²) in [6.07, 6.45) is 4.61. The molecule has 1 fully saturated rings. The van der Waals surface area contributed by atoms with Gasteiger partial charge < -0.3 is 11.1 Å². The van der Waals surface area contributed by atoms with E-state index in [2.05, 4.69) is 17.4 Å². The maximum atomic E-state index is 12.2. The van der Waals surface area contributed by atoms with Crippen molar-refractivity contribution in [1.82, 2.24) is 10.2 Å². The van der Waals surface area contributed by atoms with Crippen molar-refractivity contribution in [2.45, 2.75) is 51.1 Å². The quantitative estimate of drug-likeness (QED) is 0.799. The zero-order valence-corrected chi connectivity index (χ0v) is 13.8. The first-order chi connectivity index (χ1) is 11.1. The minimum Gasteiger partial charge on any atom is -0.368 e. The van der Waals surface area contributed by atoms with Crippen LogP contribution in [0.5, 0.6) is 0 Å². The van der Waals surface area contributed by atoms with Crippen molar-refractivity contribution >= 4 is 11.8 Å². The second-order valence-electron chi connectivity index (χ2n) is 6.38. The van der Waals surface area contributed by atoms with E-state index < -0.39 is 0 Å². The van der Waals surface area contributed by atoms with E-state index in [-0.39, 0.29) is 30.4 Å². The van der Waals surface area contributed by atoms with E-state index in [4.69, 9.17) is 5.73 Å². The van der Waals surface area contributed by atoms with E-state index in [1.807, 2.05) is 30.0 Å². The third-order valence-electron chi connectivity index (χ3n) is 4.41. The van der Waals surface area contributed by atoms with E-state index in [0.29, 0.717) is 0 Å². The Balaban J connectivity index is 1.75. The summed E-state index contributed by atoms with van der Waals surface area (Å²) in [6, 6.07) is 10.1. The van der Waals surface area contributed by atoms with Gasteiger partial charge in [-0.15, -0.1) is 0 Å². The number of piperidine rings is 1. The van der Waals surface area contributed by atoms with Gasteiger partial charge in [-0.1, -0.05) is 36.8 Å². The summed E-state index contributed by atoms with van der Waals surface area (Å²) in [5, 5.41) is 3.02. The molecule has 0 saturated carbocycles. The molecule has 5 nitrogen and oxygen atoms in total. The van der Waals surface area contributed by atoms with Gasteiger partial charge in [0.1, 0.15) is 0 Å². The Morgan fingerprint density at radius 3 is 2.74 bits per heavy atom. The molecule has 1 saturated heterocycles. The topological polar surface area (TPSA) is 75.4 Å². The van der Waals surface area contributed by atoms with Gasteiger partial charge >= 0.3 is 0 Å². The average molecular weight is 317 g/mol. The molecule has 2 atom stereocenters. The van der Waals surface area contributed by atoms with Crippen molar-refractivity contribution in [1.29, 1.82) is 0 Å². The van der Waals surface area contributed by atoms with Crippen molar-refractivity contribution in [2.24, 2.45) is 5.73 Å². The van der Waals surface area contributed by atoms with Gasteiger partial charge in [0.25, 0.3) is 0 Å². The first-order valence-corrected chi connectivity index (χ1v) is 8.43. The van der Waals surface area contributed by atoms with E-state index in [0.717, 1.165) is 38.6 Å². The smallest absolute Gasteiger partial charge is 0.234 e. The van der Waals surface area contributed by atoms with Gasteiger partial charge in [0.05, 0.1) is 12.6 Å². The average Bonchev–Trinajstić information content (AvgIpc) is 2.54. The maximum Gasteiger partial charge on any atom is 0.234 e. The molecule has 2 unspecified atom stereocenters. The summed E-state index contributed by atoms with van der Waals surface area (Å²) in [6.45, 7) is 3.03.